The number of carbonyl (C=O) groups excluding carboxylic acids is 2. The van der Waals surface area contributed by atoms with E-state index in [9.17, 15) is 14.7 Å². The van der Waals surface area contributed by atoms with Gasteiger partial charge in [-0.15, -0.1) is 0 Å². The molecule has 0 fully saturated rings. The number of aliphatic imine (C=N–C) groups is 1. The van der Waals surface area contributed by atoms with Gasteiger partial charge in [0, 0.05) is 5.56 Å². The Morgan fingerprint density at radius 2 is 1.76 bits per heavy atom. The molecule has 1 N–H and O–H groups in total. The molecule has 0 aromatic heterocycles. The molecule has 0 radical (unpaired) electrons. The van der Waals surface area contributed by atoms with Gasteiger partial charge in [0.25, 0.3) is 0 Å². The molecule has 4 heteroatoms. The summed E-state index contributed by atoms with van der Waals surface area (Å²) in [6.45, 7) is 0.273. The van der Waals surface area contributed by atoms with Crippen LogP contribution in [0.5, 0.6) is 0 Å². The largest absolute Gasteiger partial charge is 0.380 e. The molecule has 0 saturated carbocycles. The molecule has 1 atom stereocenters. The van der Waals surface area contributed by atoms with E-state index in [1.54, 1.807) is 42.5 Å². The maximum atomic E-state index is 12.4. The van der Waals surface area contributed by atoms with Crippen LogP contribution >= 0.6 is 0 Å². The Kier molecular flexibility index (Phi) is 5.16. The average Bonchev–Trinajstić information content (AvgIpc) is 2.55. The van der Waals surface area contributed by atoms with Crippen LogP contribution in [0, 0.1) is 0 Å². The summed E-state index contributed by atoms with van der Waals surface area (Å²) in [4.78, 5) is 26.0. The first kappa shape index (κ1) is 14.9. The van der Waals surface area contributed by atoms with Crippen LogP contribution in [0.15, 0.2) is 59.6 Å². The number of hydrogen-bond donors (Lipinski definition) is 1. The molecule has 1 unspecified atom stereocenters. The van der Waals surface area contributed by atoms with Crippen molar-refractivity contribution < 1.29 is 14.7 Å². The highest BCUT2D eigenvalue weighted by molar-refractivity contribution is 6.01. The number of hydrogen-bond acceptors (Lipinski definition) is 4. The number of ketones is 1. The van der Waals surface area contributed by atoms with E-state index in [4.69, 9.17) is 0 Å². The number of carbonyl (C=O) groups is 1. The van der Waals surface area contributed by atoms with Crippen LogP contribution in [0.3, 0.4) is 0 Å². The van der Waals surface area contributed by atoms with Gasteiger partial charge in [-0.05, 0) is 17.5 Å². The van der Waals surface area contributed by atoms with E-state index in [0.29, 0.717) is 17.5 Å². The van der Waals surface area contributed by atoms with E-state index in [1.165, 1.54) is 6.08 Å². The van der Waals surface area contributed by atoms with Crippen molar-refractivity contribution in [2.24, 2.45) is 4.99 Å². The van der Waals surface area contributed by atoms with E-state index in [1.807, 2.05) is 12.1 Å². The predicted octanol–water partition coefficient (Wildman–Crippen LogP) is 2.48. The minimum Gasteiger partial charge on any atom is -0.380 e. The van der Waals surface area contributed by atoms with E-state index in [2.05, 4.69) is 4.99 Å². The number of aliphatic hydroxyl groups excluding tert-OH is 1. The Balaban J connectivity index is 2.24. The molecule has 2 rings (SSSR count). The first-order valence-corrected chi connectivity index (χ1v) is 6.63. The molecule has 0 heterocycles. The van der Waals surface area contributed by atoms with Gasteiger partial charge >= 0.3 is 0 Å². The minimum atomic E-state index is -1.19. The van der Waals surface area contributed by atoms with Crippen LogP contribution in [-0.4, -0.2) is 23.5 Å². The fourth-order valence-corrected chi connectivity index (χ4v) is 2.13. The zero-order chi connectivity index (χ0) is 15.1. The van der Waals surface area contributed by atoms with Crippen molar-refractivity contribution in [3.05, 3.63) is 71.3 Å². The third-order valence-electron chi connectivity index (χ3n) is 3.20. The van der Waals surface area contributed by atoms with E-state index < -0.39 is 6.10 Å². The number of benzene rings is 2. The van der Waals surface area contributed by atoms with Gasteiger partial charge in [0.15, 0.2) is 5.78 Å². The second kappa shape index (κ2) is 7.29. The topological polar surface area (TPSA) is 66.7 Å². The lowest BCUT2D eigenvalue weighted by Crippen LogP contribution is -2.14. The summed E-state index contributed by atoms with van der Waals surface area (Å²) >= 11 is 0. The third kappa shape index (κ3) is 3.72. The van der Waals surface area contributed by atoms with Gasteiger partial charge in [-0.2, -0.15) is 0 Å². The molecular formula is C17H15NO3. The fourth-order valence-electron chi connectivity index (χ4n) is 2.13. The van der Waals surface area contributed by atoms with Crippen molar-refractivity contribution in [2.75, 3.05) is 6.54 Å². The molecule has 0 spiro atoms. The molecule has 0 saturated heterocycles. The first-order chi connectivity index (χ1) is 10.2. The van der Waals surface area contributed by atoms with E-state index in [0.717, 1.165) is 5.56 Å². The molecular weight excluding hydrogens is 266 g/mol. The lowest BCUT2D eigenvalue weighted by atomic mass is 9.95. The standard InChI is InChI=1S/C17H15NO3/c19-12-18-11-10-13-6-4-5-9-15(13)17(21)16(20)14-7-2-1-3-8-14/h1-9,16,20H,10-11H2. The maximum absolute atomic E-state index is 12.4. The van der Waals surface area contributed by atoms with Crippen LogP contribution in [0.4, 0.5) is 0 Å². The van der Waals surface area contributed by atoms with Crippen molar-refractivity contribution in [1.82, 2.24) is 0 Å². The highest BCUT2D eigenvalue weighted by atomic mass is 16.3. The SMILES string of the molecule is O=C=NCCc1ccccc1C(=O)C(O)c1ccccc1. The van der Waals surface area contributed by atoms with Crippen LogP contribution in [-0.2, 0) is 11.2 Å². The normalized spacial score (nSPS) is 11.5. The van der Waals surface area contributed by atoms with Gasteiger partial charge in [-0.1, -0.05) is 54.6 Å². The highest BCUT2D eigenvalue weighted by Crippen LogP contribution is 2.21. The number of rotatable bonds is 6. The van der Waals surface area contributed by atoms with E-state index in [-0.39, 0.29) is 12.3 Å². The van der Waals surface area contributed by atoms with Crippen LogP contribution in [0.1, 0.15) is 27.6 Å². The summed E-state index contributed by atoms with van der Waals surface area (Å²) in [5.41, 5.74) is 1.77. The molecule has 0 aliphatic carbocycles. The summed E-state index contributed by atoms with van der Waals surface area (Å²) in [6, 6.07) is 15.8. The Bertz CT molecular complexity index is 661. The monoisotopic (exact) mass is 281 g/mol. The number of nitrogens with zero attached hydrogens (tertiary/aromatic N) is 1. The van der Waals surface area contributed by atoms with E-state index >= 15 is 0 Å². The molecule has 2 aromatic rings. The van der Waals surface area contributed by atoms with Gasteiger partial charge in [-0.25, -0.2) is 9.79 Å². The molecule has 0 bridgehead atoms. The van der Waals surface area contributed by atoms with Crippen molar-refractivity contribution in [3.63, 3.8) is 0 Å². The summed E-state index contributed by atoms with van der Waals surface area (Å²) < 4.78 is 0. The molecule has 2 aromatic carbocycles. The van der Waals surface area contributed by atoms with Gasteiger partial charge in [0.05, 0.1) is 6.54 Å². The van der Waals surface area contributed by atoms with Gasteiger partial charge < -0.3 is 5.11 Å². The Labute approximate surface area is 122 Å². The van der Waals surface area contributed by atoms with Crippen molar-refractivity contribution >= 4 is 11.9 Å². The Morgan fingerprint density at radius 3 is 2.48 bits per heavy atom. The molecule has 21 heavy (non-hydrogen) atoms. The average molecular weight is 281 g/mol. The second-order valence-corrected chi connectivity index (χ2v) is 4.56. The minimum absolute atomic E-state index is 0.273. The van der Waals surface area contributed by atoms with Gasteiger partial charge in [0.1, 0.15) is 6.10 Å². The van der Waals surface area contributed by atoms with Gasteiger partial charge in [-0.3, -0.25) is 4.79 Å². The van der Waals surface area contributed by atoms with Crippen molar-refractivity contribution in [3.8, 4) is 0 Å². The van der Waals surface area contributed by atoms with Crippen molar-refractivity contribution in [1.29, 1.82) is 0 Å². The van der Waals surface area contributed by atoms with Crippen LogP contribution in [0.2, 0.25) is 0 Å². The summed E-state index contributed by atoms with van der Waals surface area (Å²) in [5.74, 6) is -0.355. The summed E-state index contributed by atoms with van der Waals surface area (Å²) in [6.07, 6.45) is 0.740. The zero-order valence-corrected chi connectivity index (χ0v) is 11.4. The number of aliphatic hydroxyl groups is 1. The molecule has 106 valence electrons. The van der Waals surface area contributed by atoms with Gasteiger partial charge in [0.2, 0.25) is 6.08 Å². The highest BCUT2D eigenvalue weighted by Gasteiger charge is 2.21. The summed E-state index contributed by atoms with van der Waals surface area (Å²) in [5, 5.41) is 10.2. The first-order valence-electron chi connectivity index (χ1n) is 6.63. The lowest BCUT2D eigenvalue weighted by molar-refractivity contribution is 0.0746. The molecule has 0 aliphatic rings. The molecule has 0 aliphatic heterocycles. The Hall–Kier alpha value is -2.55. The molecule has 0 amide bonds. The zero-order valence-electron chi connectivity index (χ0n) is 11.4. The third-order valence-corrected chi connectivity index (χ3v) is 3.20. The summed E-state index contributed by atoms with van der Waals surface area (Å²) in [7, 11) is 0. The molecule has 4 nitrogen and oxygen atoms in total. The quantitative estimate of drug-likeness (QED) is 0.502. The number of Topliss-reactive ketones (excluding diaryl/α,β-unsaturated/α-hetero) is 1. The predicted molar refractivity (Wildman–Crippen MR) is 78.9 cm³/mol. The smallest absolute Gasteiger partial charge is 0.234 e. The Morgan fingerprint density at radius 1 is 1.10 bits per heavy atom. The second-order valence-electron chi connectivity index (χ2n) is 4.56. The fraction of sp³-hybridized carbons (Fsp3) is 0.176. The number of isocyanates is 1. The van der Waals surface area contributed by atoms with Crippen molar-refractivity contribution in [2.45, 2.75) is 12.5 Å². The van der Waals surface area contributed by atoms with Crippen LogP contribution < -0.4 is 0 Å². The van der Waals surface area contributed by atoms with Crippen LogP contribution in [0.25, 0.3) is 0 Å². The maximum Gasteiger partial charge on any atom is 0.234 e. The lowest BCUT2D eigenvalue weighted by Gasteiger charge is -2.13.